The van der Waals surface area contributed by atoms with Crippen LogP contribution < -0.4 is 0 Å². The molecule has 0 bridgehead atoms. The lowest BCUT2D eigenvalue weighted by atomic mass is 10.1. The number of aryl methyl sites for hydroxylation is 2. The zero-order valence-corrected chi connectivity index (χ0v) is 27.1. The number of hydrogen-bond acceptors (Lipinski definition) is 9. The van der Waals surface area contributed by atoms with Gasteiger partial charge >= 0.3 is 10.1 Å². The molecule has 0 atom stereocenters. The largest absolute Gasteiger partial charge is 0.451 e. The maximum Gasteiger partial charge on any atom is 0.304 e. The number of ketones is 1. The van der Waals surface area contributed by atoms with Crippen molar-refractivity contribution in [3.63, 3.8) is 0 Å². The Labute approximate surface area is 270 Å². The van der Waals surface area contributed by atoms with Crippen LogP contribution in [0.4, 0.5) is 0 Å². The van der Waals surface area contributed by atoms with Crippen molar-refractivity contribution in [1.82, 2.24) is 19.6 Å². The number of hydrogen-bond donors (Lipinski definition) is 1. The van der Waals surface area contributed by atoms with Gasteiger partial charge in [-0.3, -0.25) is 18.7 Å². The monoisotopic (exact) mass is 670 g/mol. The van der Waals surface area contributed by atoms with E-state index in [9.17, 15) is 17.8 Å². The normalized spacial score (nSPS) is 12.4. The molecule has 232 valence electrons. The highest BCUT2D eigenvalue weighted by atomic mass is 32.3. The van der Waals surface area contributed by atoms with Gasteiger partial charge in [0.05, 0.1) is 30.6 Å². The van der Waals surface area contributed by atoms with Crippen LogP contribution in [0.1, 0.15) is 33.6 Å². The van der Waals surface area contributed by atoms with E-state index in [4.69, 9.17) is 19.0 Å². The topological polar surface area (TPSA) is 133 Å². The Bertz CT molecular complexity index is 2540. The molecule has 0 saturated heterocycles. The highest BCUT2D eigenvalue weighted by Gasteiger charge is 2.27. The quantitative estimate of drug-likeness (QED) is 0.158. The van der Waals surface area contributed by atoms with Gasteiger partial charge in [0.2, 0.25) is 0 Å². The van der Waals surface area contributed by atoms with Gasteiger partial charge < -0.3 is 8.83 Å². The van der Waals surface area contributed by atoms with E-state index >= 15 is 0 Å². The molecule has 0 fully saturated rings. The summed E-state index contributed by atoms with van der Waals surface area (Å²) in [4.78, 5) is 13.7. The van der Waals surface area contributed by atoms with Gasteiger partial charge in [-0.2, -0.15) is 18.6 Å². The van der Waals surface area contributed by atoms with Crippen LogP contribution in [-0.2, 0) is 40.8 Å². The van der Waals surface area contributed by atoms with Crippen LogP contribution in [-0.4, -0.2) is 38.3 Å². The van der Waals surface area contributed by atoms with Crippen LogP contribution in [0.25, 0.3) is 42.8 Å². The van der Waals surface area contributed by atoms with E-state index in [-0.39, 0.29) is 22.8 Å². The minimum atomic E-state index is -4.41. The van der Waals surface area contributed by atoms with E-state index in [2.05, 4.69) is 24.3 Å². The summed E-state index contributed by atoms with van der Waals surface area (Å²) in [6.45, 7) is 4.97. The first-order valence-corrected chi connectivity index (χ1v) is 17.6. The van der Waals surface area contributed by atoms with Gasteiger partial charge in [-0.25, -0.2) is 0 Å². The predicted molar refractivity (Wildman–Crippen MR) is 178 cm³/mol. The lowest BCUT2D eigenvalue weighted by Gasteiger charge is -2.04. The molecule has 10 nitrogen and oxygen atoms in total. The second-order valence-corrected chi connectivity index (χ2v) is 15.1. The van der Waals surface area contributed by atoms with Crippen molar-refractivity contribution in [3.05, 3.63) is 99.7 Å². The second kappa shape index (κ2) is 10.8. The molecule has 6 aromatic heterocycles. The zero-order chi connectivity index (χ0) is 31.7. The summed E-state index contributed by atoms with van der Waals surface area (Å²) in [6.07, 6.45) is 0.0111. The predicted octanol–water partition coefficient (Wildman–Crippen LogP) is 7.32. The molecule has 0 unspecified atom stereocenters. The van der Waals surface area contributed by atoms with E-state index in [1.54, 1.807) is 16.0 Å². The average molecular weight is 671 g/mol. The van der Waals surface area contributed by atoms with Gasteiger partial charge in [0.15, 0.2) is 15.4 Å². The SMILES string of the molecule is Cc1ccc(Cn2nc(CC(=O)Cc3nn(Cc4ccc(C)cc4)c4c3oc3cc(S(=O)(=O)O)sc34)c3oc4ccsc4c32)cc1. The van der Waals surface area contributed by atoms with Crippen LogP contribution >= 0.6 is 22.7 Å². The first-order valence-electron chi connectivity index (χ1n) is 14.5. The molecular weight excluding hydrogens is 645 g/mol. The van der Waals surface area contributed by atoms with Crippen LogP contribution in [0, 0.1) is 13.8 Å². The summed E-state index contributed by atoms with van der Waals surface area (Å²) >= 11 is 2.49. The lowest BCUT2D eigenvalue weighted by Crippen LogP contribution is -2.10. The molecule has 6 heterocycles. The second-order valence-electron chi connectivity index (χ2n) is 11.5. The van der Waals surface area contributed by atoms with Crippen LogP contribution in [0.2, 0.25) is 0 Å². The minimum absolute atomic E-state index is 0.0231. The number of rotatable bonds is 9. The molecule has 1 N–H and O–H groups in total. The van der Waals surface area contributed by atoms with Crippen molar-refractivity contribution in [2.75, 3.05) is 0 Å². The van der Waals surface area contributed by atoms with E-state index < -0.39 is 10.1 Å². The van der Waals surface area contributed by atoms with Crippen LogP contribution in [0.3, 0.4) is 0 Å². The van der Waals surface area contributed by atoms with Crippen molar-refractivity contribution in [3.8, 4) is 0 Å². The van der Waals surface area contributed by atoms with Gasteiger partial charge in [0.25, 0.3) is 0 Å². The molecule has 13 heteroatoms. The summed E-state index contributed by atoms with van der Waals surface area (Å²) < 4.78 is 50.6. The number of fused-ring (bicyclic) bond motifs is 6. The molecule has 46 heavy (non-hydrogen) atoms. The van der Waals surface area contributed by atoms with E-state index in [0.717, 1.165) is 43.8 Å². The first kappa shape index (κ1) is 28.9. The maximum absolute atomic E-state index is 13.7. The lowest BCUT2D eigenvalue weighted by molar-refractivity contribution is -0.117. The van der Waals surface area contributed by atoms with Crippen molar-refractivity contribution in [2.24, 2.45) is 0 Å². The van der Waals surface area contributed by atoms with Crippen molar-refractivity contribution in [2.45, 2.75) is 44.0 Å². The Morgan fingerprint density at radius 3 is 1.85 bits per heavy atom. The van der Waals surface area contributed by atoms with E-state index in [1.807, 2.05) is 54.2 Å². The Kier molecular flexibility index (Phi) is 6.76. The number of carbonyl (C=O) groups excluding carboxylic acids is 1. The fraction of sp³-hybridized carbons (Fsp3) is 0.182. The smallest absolute Gasteiger partial charge is 0.304 e. The number of benzene rings is 2. The first-order chi connectivity index (χ1) is 22.1. The molecule has 2 aromatic carbocycles. The fourth-order valence-corrected chi connectivity index (χ4v) is 8.42. The fourth-order valence-electron chi connectivity index (χ4n) is 5.77. The summed E-state index contributed by atoms with van der Waals surface area (Å²) in [5, 5.41) is 11.6. The maximum atomic E-state index is 13.7. The Balaban J connectivity index is 1.15. The van der Waals surface area contributed by atoms with Crippen LogP contribution in [0.5, 0.6) is 0 Å². The number of Topliss-reactive ketones (excluding diaryl/α,β-unsaturated/α-hetero) is 1. The molecule has 0 spiro atoms. The van der Waals surface area contributed by atoms with Crippen molar-refractivity contribution in [1.29, 1.82) is 0 Å². The number of furan rings is 2. The summed E-state index contributed by atoms with van der Waals surface area (Å²) in [5.74, 6) is -0.123. The summed E-state index contributed by atoms with van der Waals surface area (Å²) in [7, 11) is -4.41. The molecule has 0 amide bonds. The van der Waals surface area contributed by atoms with Gasteiger partial charge in [0, 0.05) is 6.07 Å². The molecule has 0 aliphatic carbocycles. The van der Waals surface area contributed by atoms with Gasteiger partial charge in [-0.1, -0.05) is 59.7 Å². The van der Waals surface area contributed by atoms with Gasteiger partial charge in [-0.05, 0) is 36.4 Å². The highest BCUT2D eigenvalue weighted by Crippen LogP contribution is 2.39. The third-order valence-corrected chi connectivity index (χ3v) is 11.3. The number of thiophene rings is 2. The number of aromatic nitrogens is 4. The third-order valence-electron chi connectivity index (χ3n) is 8.00. The molecule has 0 aliphatic heterocycles. The highest BCUT2D eigenvalue weighted by molar-refractivity contribution is 7.88. The molecule has 8 aromatic rings. The Hall–Kier alpha value is -4.56. The van der Waals surface area contributed by atoms with E-state index in [1.165, 1.54) is 11.6 Å². The Morgan fingerprint density at radius 1 is 0.783 bits per heavy atom. The summed E-state index contributed by atoms with van der Waals surface area (Å²) in [6, 6.07) is 19.5. The zero-order valence-electron chi connectivity index (χ0n) is 24.7. The summed E-state index contributed by atoms with van der Waals surface area (Å²) in [5.41, 5.74) is 8.92. The third kappa shape index (κ3) is 5.05. The Morgan fingerprint density at radius 2 is 1.30 bits per heavy atom. The van der Waals surface area contributed by atoms with Crippen molar-refractivity contribution >= 4 is 81.3 Å². The molecule has 0 saturated carbocycles. The van der Waals surface area contributed by atoms with E-state index in [0.29, 0.717) is 51.4 Å². The number of nitrogens with zero attached hydrogens (tertiary/aromatic N) is 4. The van der Waals surface area contributed by atoms with Gasteiger partial charge in [0.1, 0.15) is 44.1 Å². The molecular formula is C33H26N4O6S3. The standard InChI is InChI=1S/C33H26N4O6S3/c1-18-3-7-20(8-4-18)16-36-28-30(42-25-11-12-44-32(25)28)23(34-36)13-22(38)14-24-31-29(33-26(43-31)15-27(45-33)46(39,40)41)37(35-24)17-21-9-5-19(2)6-10-21/h3-12,15H,13-14,16-17H2,1-2H3,(H,39,40,41). The van der Waals surface area contributed by atoms with Gasteiger partial charge in [-0.15, -0.1) is 22.7 Å². The molecule has 8 rings (SSSR count). The average Bonchev–Trinajstić information content (AvgIpc) is 3.82. The number of carbonyl (C=O) groups is 1. The minimum Gasteiger partial charge on any atom is -0.451 e. The molecule has 0 radical (unpaired) electrons. The van der Waals surface area contributed by atoms with Crippen molar-refractivity contribution < 1.29 is 26.6 Å². The van der Waals surface area contributed by atoms with Crippen LogP contribution in [0.15, 0.2) is 79.1 Å². The molecule has 0 aliphatic rings.